The molecule has 0 radical (unpaired) electrons. The van der Waals surface area contributed by atoms with Gasteiger partial charge in [-0.15, -0.1) is 0 Å². The second-order valence-corrected chi connectivity index (χ2v) is 21.2. The van der Waals surface area contributed by atoms with Crippen LogP contribution in [0.4, 0.5) is 17.1 Å². The number of anilines is 3. The van der Waals surface area contributed by atoms with E-state index in [-0.39, 0.29) is 23.0 Å². The molecule has 0 saturated carbocycles. The Balaban J connectivity index is 1.09. The standard InChI is InChI=1S/C63H47BN2/c1-61(2)48-22-12-7-17-38(48)43-29-36(27-28-51(43)61)65-58-33-45-40-19-9-14-24-50(40)63(5,6)53(45)35-55(58)64-54-34-52-44(39-18-8-13-23-49(39)62(52,3)4)32-46(54)47-30-37(31-59(65)60(47)64)66-56-25-15-10-20-41(56)42-21-11-16-26-57(42)66/h7-35H,1-6H3. The van der Waals surface area contributed by atoms with E-state index in [1.807, 2.05) is 0 Å². The molecular formula is C63H47BN2. The summed E-state index contributed by atoms with van der Waals surface area (Å²) in [5.41, 5.74) is 30.5. The highest BCUT2D eigenvalue weighted by atomic mass is 15.2. The quantitative estimate of drug-likeness (QED) is 0.157. The summed E-state index contributed by atoms with van der Waals surface area (Å²) in [6.45, 7) is 14.5. The highest BCUT2D eigenvalue weighted by Gasteiger charge is 2.48. The zero-order valence-electron chi connectivity index (χ0n) is 38.2. The summed E-state index contributed by atoms with van der Waals surface area (Å²) in [5, 5.41) is 2.55. The maximum atomic E-state index is 2.66. The molecule has 0 bridgehead atoms. The van der Waals surface area contributed by atoms with Crippen LogP contribution >= 0.6 is 0 Å². The molecule has 3 heterocycles. The molecule has 0 fully saturated rings. The second kappa shape index (κ2) is 12.1. The molecule has 1 aromatic heterocycles. The Labute approximate surface area is 386 Å². The highest BCUT2D eigenvalue weighted by molar-refractivity contribution is 7.01. The van der Waals surface area contributed by atoms with E-state index in [9.17, 15) is 0 Å². The maximum absolute atomic E-state index is 2.66. The highest BCUT2D eigenvalue weighted by Crippen LogP contribution is 2.56. The van der Waals surface area contributed by atoms with Gasteiger partial charge in [-0.3, -0.25) is 0 Å². The van der Waals surface area contributed by atoms with Crippen molar-refractivity contribution in [3.05, 3.63) is 209 Å². The molecule has 2 nitrogen and oxygen atoms in total. The number of nitrogens with zero attached hydrogens (tertiary/aromatic N) is 2. The van der Waals surface area contributed by atoms with Crippen LogP contribution in [0.25, 0.3) is 72.0 Å². The van der Waals surface area contributed by atoms with Crippen molar-refractivity contribution in [2.24, 2.45) is 0 Å². The normalized spacial score (nSPS) is 16.3. The monoisotopic (exact) mass is 842 g/mol. The molecule has 0 atom stereocenters. The molecule has 0 unspecified atom stereocenters. The van der Waals surface area contributed by atoms with Crippen LogP contribution in [-0.4, -0.2) is 11.3 Å². The van der Waals surface area contributed by atoms with Crippen LogP contribution in [0, 0.1) is 0 Å². The van der Waals surface area contributed by atoms with Gasteiger partial charge in [-0.2, -0.15) is 0 Å². The molecule has 0 amide bonds. The molecule has 66 heavy (non-hydrogen) atoms. The van der Waals surface area contributed by atoms with Gasteiger partial charge in [-0.25, -0.2) is 0 Å². The van der Waals surface area contributed by atoms with E-state index in [0.29, 0.717) is 0 Å². The van der Waals surface area contributed by atoms with Crippen LogP contribution in [0.2, 0.25) is 0 Å². The number of hydrogen-bond acceptors (Lipinski definition) is 1. The average Bonchev–Trinajstić information content (AvgIpc) is 4.05. The Morgan fingerprint density at radius 2 is 0.803 bits per heavy atom. The first-order valence-corrected chi connectivity index (χ1v) is 23.8. The van der Waals surface area contributed by atoms with Crippen molar-refractivity contribution in [3.63, 3.8) is 0 Å². The van der Waals surface area contributed by atoms with Crippen molar-refractivity contribution >= 4 is 62.0 Å². The topological polar surface area (TPSA) is 8.17 Å². The Morgan fingerprint density at radius 1 is 0.333 bits per heavy atom. The molecule has 0 N–H and O–H groups in total. The Bertz CT molecular complexity index is 3820. The van der Waals surface area contributed by atoms with Crippen molar-refractivity contribution in [2.45, 2.75) is 57.8 Å². The summed E-state index contributed by atoms with van der Waals surface area (Å²) in [7, 11) is 0. The lowest BCUT2D eigenvalue weighted by Gasteiger charge is -2.38. The number of para-hydroxylation sites is 2. The van der Waals surface area contributed by atoms with Gasteiger partial charge in [-0.1, -0.05) is 174 Å². The largest absolute Gasteiger partial charge is 0.311 e. The van der Waals surface area contributed by atoms with E-state index < -0.39 is 0 Å². The van der Waals surface area contributed by atoms with Gasteiger partial charge in [0.2, 0.25) is 6.71 Å². The van der Waals surface area contributed by atoms with E-state index in [1.165, 1.54) is 139 Å². The summed E-state index contributed by atoms with van der Waals surface area (Å²) >= 11 is 0. The second-order valence-electron chi connectivity index (χ2n) is 21.2. The number of fused-ring (bicyclic) bond motifs is 17. The predicted octanol–water partition coefficient (Wildman–Crippen LogP) is 14.0. The third-order valence-corrected chi connectivity index (χ3v) is 17.0. The molecule has 3 aliphatic carbocycles. The van der Waals surface area contributed by atoms with Crippen molar-refractivity contribution < 1.29 is 0 Å². The molecule has 312 valence electrons. The SMILES string of the molecule is CC1(C)c2ccccc2-c2cc(N3c4cc5c(cc4B4c6cc7c(cc6-c6cc(-n8c9ccccc9c9ccccc98)cc3c64)-c3ccccc3C7(C)C)C(C)(C)c3ccccc3-5)ccc21. The fourth-order valence-corrected chi connectivity index (χ4v) is 13.8. The third kappa shape index (κ3) is 4.36. The molecule has 0 spiro atoms. The maximum Gasteiger partial charge on any atom is 0.248 e. The van der Waals surface area contributed by atoms with Gasteiger partial charge >= 0.3 is 0 Å². The van der Waals surface area contributed by atoms with E-state index >= 15 is 0 Å². The number of hydrogen-bond donors (Lipinski definition) is 0. The third-order valence-electron chi connectivity index (χ3n) is 17.0. The molecule has 3 heteroatoms. The lowest BCUT2D eigenvalue weighted by molar-refractivity contribution is 0.660. The molecule has 10 aromatic rings. The molecule has 15 rings (SSSR count). The molecule has 2 aliphatic heterocycles. The fraction of sp³-hybridized carbons (Fsp3) is 0.143. The van der Waals surface area contributed by atoms with Gasteiger partial charge in [0.1, 0.15) is 0 Å². The van der Waals surface area contributed by atoms with Gasteiger partial charge in [0.15, 0.2) is 0 Å². The van der Waals surface area contributed by atoms with E-state index in [2.05, 4.69) is 227 Å². The summed E-state index contributed by atoms with van der Waals surface area (Å²) < 4.78 is 2.52. The first kappa shape index (κ1) is 36.9. The summed E-state index contributed by atoms with van der Waals surface area (Å²) in [6.07, 6.45) is 0. The van der Waals surface area contributed by atoms with E-state index in [0.717, 1.165) is 0 Å². The van der Waals surface area contributed by atoms with Crippen molar-refractivity contribution in [2.75, 3.05) is 4.90 Å². The van der Waals surface area contributed by atoms with Crippen LogP contribution in [0.15, 0.2) is 176 Å². The molecular weight excluding hydrogens is 796 g/mol. The summed E-state index contributed by atoms with van der Waals surface area (Å²) in [5.74, 6) is 0. The lowest BCUT2D eigenvalue weighted by atomic mass is 9.36. The minimum Gasteiger partial charge on any atom is -0.311 e. The van der Waals surface area contributed by atoms with Crippen LogP contribution < -0.4 is 21.3 Å². The smallest absolute Gasteiger partial charge is 0.248 e. The van der Waals surface area contributed by atoms with Gasteiger partial charge in [-0.05, 0) is 137 Å². The summed E-state index contributed by atoms with van der Waals surface area (Å²) in [4.78, 5) is 2.66. The van der Waals surface area contributed by atoms with Crippen molar-refractivity contribution in [3.8, 4) is 50.2 Å². The number of rotatable bonds is 2. The minimum atomic E-state index is -0.138. The van der Waals surface area contributed by atoms with Crippen molar-refractivity contribution in [1.82, 2.24) is 4.57 Å². The summed E-state index contributed by atoms with van der Waals surface area (Å²) in [6, 6.07) is 68.0. The number of aromatic nitrogens is 1. The zero-order chi connectivity index (χ0) is 44.2. The molecule has 9 aromatic carbocycles. The Kier molecular flexibility index (Phi) is 6.77. The average molecular weight is 843 g/mol. The van der Waals surface area contributed by atoms with Gasteiger partial charge in [0, 0.05) is 49.8 Å². The fourth-order valence-electron chi connectivity index (χ4n) is 13.8. The zero-order valence-corrected chi connectivity index (χ0v) is 38.2. The molecule has 0 saturated heterocycles. The Morgan fingerprint density at radius 3 is 1.41 bits per heavy atom. The predicted molar refractivity (Wildman–Crippen MR) is 278 cm³/mol. The van der Waals surface area contributed by atoms with Gasteiger partial charge < -0.3 is 9.47 Å². The van der Waals surface area contributed by atoms with E-state index in [4.69, 9.17) is 0 Å². The Hall–Kier alpha value is -7.36. The van der Waals surface area contributed by atoms with Gasteiger partial charge in [0.25, 0.3) is 0 Å². The lowest BCUT2D eigenvalue weighted by Crippen LogP contribution is -2.55. The molecule has 5 aliphatic rings. The van der Waals surface area contributed by atoms with E-state index in [1.54, 1.807) is 0 Å². The van der Waals surface area contributed by atoms with Crippen LogP contribution in [0.5, 0.6) is 0 Å². The minimum absolute atomic E-state index is 0.0622. The van der Waals surface area contributed by atoms with Crippen LogP contribution in [0.3, 0.4) is 0 Å². The first-order valence-electron chi connectivity index (χ1n) is 23.8. The first-order chi connectivity index (χ1) is 32.0. The number of benzene rings is 9. The van der Waals surface area contributed by atoms with Crippen LogP contribution in [0.1, 0.15) is 74.9 Å². The van der Waals surface area contributed by atoms with Crippen molar-refractivity contribution in [1.29, 1.82) is 0 Å². The van der Waals surface area contributed by atoms with Gasteiger partial charge in [0.05, 0.1) is 11.0 Å². The van der Waals surface area contributed by atoms with Crippen LogP contribution in [-0.2, 0) is 16.2 Å².